The van der Waals surface area contributed by atoms with Crippen molar-refractivity contribution in [1.29, 1.82) is 0 Å². The van der Waals surface area contributed by atoms with E-state index in [1.54, 1.807) is 141 Å². The van der Waals surface area contributed by atoms with Gasteiger partial charge in [-0.25, -0.2) is 0 Å². The number of para-hydroxylation sites is 8. The Kier molecular flexibility index (Phi) is 19.9. The Hall–Kier alpha value is -12.1. The number of nitrogens with zero attached hydrogens (tertiary/aromatic N) is 2. The van der Waals surface area contributed by atoms with E-state index >= 15 is 0 Å². The lowest BCUT2D eigenvalue weighted by Gasteiger charge is -2.30. The lowest BCUT2D eigenvalue weighted by molar-refractivity contribution is -0.143. The summed E-state index contributed by atoms with van der Waals surface area (Å²) in [5, 5.41) is 24.9. The van der Waals surface area contributed by atoms with Gasteiger partial charge in [-0.2, -0.15) is 0 Å². The van der Waals surface area contributed by atoms with Crippen molar-refractivity contribution < 1.29 is 52.7 Å². The summed E-state index contributed by atoms with van der Waals surface area (Å²) in [5.74, 6) is -6.10. The molecular formula is C72H67N11O11. The lowest BCUT2D eigenvalue weighted by atomic mass is 9.94. The number of hydrogen-bond donors (Lipinski definition) is 9. The van der Waals surface area contributed by atoms with E-state index in [0.717, 1.165) is 0 Å². The molecule has 0 saturated carbocycles. The first-order valence-corrected chi connectivity index (χ1v) is 30.4. The fraction of sp³-hybridized carbons (Fsp3) is 0.181. The topological polar surface area (TPSA) is 303 Å². The average Bonchev–Trinajstić information content (AvgIpc) is 1.25. The molecule has 22 heteroatoms. The monoisotopic (exact) mass is 1260 g/mol. The maximum absolute atomic E-state index is 14.6. The van der Waals surface area contributed by atoms with Gasteiger partial charge in [0.1, 0.15) is 12.1 Å². The average molecular weight is 1260 g/mol. The molecule has 2 aliphatic heterocycles. The number of amides is 11. The van der Waals surface area contributed by atoms with Gasteiger partial charge in [0.2, 0.25) is 17.7 Å². The Morgan fingerprint density at radius 1 is 0.309 bits per heavy atom. The molecule has 2 heterocycles. The number of hydrogen-bond acceptors (Lipinski definition) is 11. The first-order chi connectivity index (χ1) is 45.3. The minimum absolute atomic E-state index is 0.0221. The van der Waals surface area contributed by atoms with Crippen LogP contribution < -0.4 is 47.9 Å². The molecule has 2 fully saturated rings. The molecule has 2 aliphatic rings. The second-order valence-electron chi connectivity index (χ2n) is 23.2. The quantitative estimate of drug-likeness (QED) is 0.0389. The Labute approximate surface area is 541 Å². The van der Waals surface area contributed by atoms with Crippen LogP contribution in [0.2, 0.25) is 0 Å². The molecule has 0 bridgehead atoms. The van der Waals surface area contributed by atoms with Gasteiger partial charge in [0.15, 0.2) is 0 Å². The van der Waals surface area contributed by atoms with E-state index in [1.165, 1.54) is 90.8 Å². The predicted molar refractivity (Wildman–Crippen MR) is 358 cm³/mol. The molecule has 9 N–H and O–H groups in total. The smallest absolute Gasteiger partial charge is 0.257 e. The summed E-state index contributed by atoms with van der Waals surface area (Å²) in [6.45, 7) is 6.01. The van der Waals surface area contributed by atoms with Crippen LogP contribution in [0.25, 0.3) is 0 Å². The standard InChI is InChI=1S/C72H67N11O11/c1-72(2,3)71(94)83-42-22-40-60(83)69(92)81-57-37-19-11-29-49(57)66(89)78-54-34-16-8-26-46(54)64(87)76-55-35-17-9-27-47(55)67(90)79-58-38-20-12-30-50(58)70(93)82-41-21-39-59(82)68(91)80-56-36-18-10-28-48(56)65(88)77-53-33-15-7-25-45(53)63(86)75-52-32-14-6-24-44(52)62(85)74-51-31-13-5-23-43(51)61(84)73-4/h5-20,23-38,59-60H,21-22,39-42H2,1-4H3,(H,73,84)(H,74,85)(H,75,86)(H,76,87)(H,77,88)(H,78,89)(H,79,90)(H,80,91)(H,81,92)/t59-,60+/m1/s1. The van der Waals surface area contributed by atoms with Crippen LogP contribution >= 0.6 is 0 Å². The highest BCUT2D eigenvalue weighted by molar-refractivity contribution is 6.20. The number of carbonyl (C=O) groups excluding carboxylic acids is 11. The van der Waals surface area contributed by atoms with E-state index in [2.05, 4.69) is 47.9 Å². The summed E-state index contributed by atoms with van der Waals surface area (Å²) in [4.78, 5) is 156. The van der Waals surface area contributed by atoms with Crippen LogP contribution in [0.4, 0.5) is 45.5 Å². The summed E-state index contributed by atoms with van der Waals surface area (Å²) < 4.78 is 0. The Morgan fingerprint density at radius 3 is 0.809 bits per heavy atom. The van der Waals surface area contributed by atoms with Gasteiger partial charge < -0.3 is 57.7 Å². The van der Waals surface area contributed by atoms with E-state index in [-0.39, 0.29) is 109 Å². The summed E-state index contributed by atoms with van der Waals surface area (Å²) in [5.41, 5.74) is 1.10. The van der Waals surface area contributed by atoms with Crippen LogP contribution in [0.5, 0.6) is 0 Å². The molecule has 2 atom stereocenters. The Balaban J connectivity index is 0.780. The van der Waals surface area contributed by atoms with Crippen molar-refractivity contribution in [2.24, 2.45) is 5.41 Å². The Morgan fingerprint density at radius 2 is 0.532 bits per heavy atom. The van der Waals surface area contributed by atoms with E-state index in [4.69, 9.17) is 0 Å². The third-order valence-corrected chi connectivity index (χ3v) is 15.9. The van der Waals surface area contributed by atoms with Crippen LogP contribution in [0.1, 0.15) is 129 Å². The first-order valence-electron chi connectivity index (χ1n) is 30.4. The molecule has 0 aromatic heterocycles. The van der Waals surface area contributed by atoms with Crippen molar-refractivity contribution in [1.82, 2.24) is 15.1 Å². The number of likely N-dealkylation sites (tertiary alicyclic amines) is 2. The van der Waals surface area contributed by atoms with Crippen molar-refractivity contribution in [2.75, 3.05) is 62.7 Å². The molecule has 10 rings (SSSR count). The number of carbonyl (C=O) groups is 11. The molecule has 94 heavy (non-hydrogen) atoms. The molecule has 0 unspecified atom stereocenters. The largest absolute Gasteiger partial charge is 0.355 e. The second kappa shape index (κ2) is 28.8. The van der Waals surface area contributed by atoms with Crippen LogP contribution in [0.3, 0.4) is 0 Å². The van der Waals surface area contributed by atoms with Gasteiger partial charge >= 0.3 is 0 Å². The van der Waals surface area contributed by atoms with Gasteiger partial charge in [-0.3, -0.25) is 52.7 Å². The summed E-state index contributed by atoms with van der Waals surface area (Å²) in [6.07, 6.45) is 1.84. The highest BCUT2D eigenvalue weighted by Gasteiger charge is 2.40. The minimum atomic E-state index is -1.01. The molecule has 22 nitrogen and oxygen atoms in total. The molecule has 8 aromatic rings. The predicted octanol–water partition coefficient (Wildman–Crippen LogP) is 10.8. The summed E-state index contributed by atoms with van der Waals surface area (Å²) in [6, 6.07) is 48.6. The van der Waals surface area contributed by atoms with Crippen molar-refractivity contribution >= 4 is 110 Å². The molecule has 0 radical (unpaired) electrons. The van der Waals surface area contributed by atoms with Gasteiger partial charge in [0, 0.05) is 25.6 Å². The zero-order valence-corrected chi connectivity index (χ0v) is 51.8. The molecule has 476 valence electrons. The maximum Gasteiger partial charge on any atom is 0.257 e. The Bertz CT molecular complexity index is 4330. The molecular weight excluding hydrogens is 1190 g/mol. The fourth-order valence-corrected chi connectivity index (χ4v) is 11.2. The van der Waals surface area contributed by atoms with Crippen molar-refractivity contribution in [2.45, 2.75) is 58.5 Å². The van der Waals surface area contributed by atoms with Crippen LogP contribution in [0.15, 0.2) is 194 Å². The maximum atomic E-state index is 14.6. The van der Waals surface area contributed by atoms with Crippen molar-refractivity contribution in [3.05, 3.63) is 239 Å². The van der Waals surface area contributed by atoms with Crippen LogP contribution in [-0.2, 0) is 14.4 Å². The second-order valence-corrected chi connectivity index (χ2v) is 23.2. The molecule has 8 aromatic carbocycles. The van der Waals surface area contributed by atoms with Gasteiger partial charge in [-0.15, -0.1) is 0 Å². The van der Waals surface area contributed by atoms with Crippen LogP contribution in [-0.4, -0.2) is 107 Å². The fourth-order valence-electron chi connectivity index (χ4n) is 11.2. The first kappa shape index (κ1) is 64.9. The molecule has 0 spiro atoms. The lowest BCUT2D eigenvalue weighted by Crippen LogP contribution is -2.47. The number of benzene rings is 8. The zero-order valence-electron chi connectivity index (χ0n) is 51.8. The van der Waals surface area contributed by atoms with Gasteiger partial charge in [0.05, 0.1) is 90.0 Å². The van der Waals surface area contributed by atoms with Gasteiger partial charge in [-0.05, 0) is 123 Å². The van der Waals surface area contributed by atoms with Crippen molar-refractivity contribution in [3.63, 3.8) is 0 Å². The number of rotatable bonds is 18. The van der Waals surface area contributed by atoms with E-state index in [1.807, 2.05) is 0 Å². The molecule has 0 aliphatic carbocycles. The minimum Gasteiger partial charge on any atom is -0.355 e. The highest BCUT2D eigenvalue weighted by atomic mass is 16.2. The van der Waals surface area contributed by atoms with Gasteiger partial charge in [0.25, 0.3) is 47.3 Å². The SMILES string of the molecule is CNC(=O)c1ccccc1NC(=O)c1ccccc1NC(=O)c1ccccc1NC(=O)c1ccccc1NC(=O)[C@H]1CCCN1C(=O)c1ccccc1NC(=O)c1ccccc1NC(=O)c1ccccc1NC(=O)c1ccccc1NC(=O)[C@@H]1CCCN1C(=O)C(C)(C)C. The van der Waals surface area contributed by atoms with E-state index in [9.17, 15) is 52.7 Å². The zero-order chi connectivity index (χ0) is 66.6. The highest BCUT2D eigenvalue weighted by Crippen LogP contribution is 2.32. The van der Waals surface area contributed by atoms with Crippen molar-refractivity contribution in [3.8, 4) is 0 Å². The van der Waals surface area contributed by atoms with Gasteiger partial charge in [-0.1, -0.05) is 118 Å². The molecule has 2 saturated heterocycles. The van der Waals surface area contributed by atoms with Crippen LogP contribution in [0, 0.1) is 5.41 Å². The van der Waals surface area contributed by atoms with E-state index < -0.39 is 76.6 Å². The number of nitrogens with one attached hydrogen (secondary N) is 9. The summed E-state index contributed by atoms with van der Waals surface area (Å²) >= 11 is 0. The summed E-state index contributed by atoms with van der Waals surface area (Å²) in [7, 11) is 1.47. The third-order valence-electron chi connectivity index (χ3n) is 15.9. The molecule has 11 amide bonds. The number of anilines is 8. The third kappa shape index (κ3) is 14.7. The van der Waals surface area contributed by atoms with E-state index in [0.29, 0.717) is 25.8 Å². The normalized spacial score (nSPS) is 14.1.